The fourth-order valence-corrected chi connectivity index (χ4v) is 2.06. The summed E-state index contributed by atoms with van der Waals surface area (Å²) in [6.45, 7) is 3.62. The lowest BCUT2D eigenvalue weighted by atomic mass is 10.1. The van der Waals surface area contributed by atoms with Crippen molar-refractivity contribution in [1.29, 1.82) is 0 Å². The number of hydrogen-bond donors (Lipinski definition) is 1. The van der Waals surface area contributed by atoms with Crippen LogP contribution in [0.5, 0.6) is 0 Å². The van der Waals surface area contributed by atoms with E-state index in [1.165, 1.54) is 0 Å². The Balaban J connectivity index is 2.17. The van der Waals surface area contributed by atoms with Crippen LogP contribution in [0.25, 0.3) is 0 Å². The predicted octanol–water partition coefficient (Wildman–Crippen LogP) is 1.16. The van der Waals surface area contributed by atoms with Gasteiger partial charge >= 0.3 is 0 Å². The highest BCUT2D eigenvalue weighted by molar-refractivity contribution is 5.75. The zero-order chi connectivity index (χ0) is 11.5. The van der Waals surface area contributed by atoms with Gasteiger partial charge in [0.05, 0.1) is 6.10 Å². The largest absolute Gasteiger partial charge is 0.393 e. The second-order valence-corrected chi connectivity index (χ2v) is 4.25. The second kappa shape index (κ2) is 4.61. The van der Waals surface area contributed by atoms with Crippen LogP contribution >= 0.6 is 0 Å². The molecular formula is C12H16N2O2. The fraction of sp³-hybridized carbons (Fsp3) is 0.500. The van der Waals surface area contributed by atoms with E-state index in [4.69, 9.17) is 0 Å². The lowest BCUT2D eigenvalue weighted by molar-refractivity contribution is 0.112. The van der Waals surface area contributed by atoms with Crippen molar-refractivity contribution in [2.75, 3.05) is 18.0 Å². The number of aliphatic hydroxyl groups excluding tert-OH is 1. The maximum absolute atomic E-state index is 10.6. The Bertz CT molecular complexity index is 385. The van der Waals surface area contributed by atoms with Crippen molar-refractivity contribution in [2.24, 2.45) is 0 Å². The van der Waals surface area contributed by atoms with E-state index in [1.807, 2.05) is 13.0 Å². The first-order chi connectivity index (χ1) is 7.70. The first-order valence-corrected chi connectivity index (χ1v) is 5.55. The average Bonchev–Trinajstić information content (AvgIpc) is 2.30. The van der Waals surface area contributed by atoms with Crippen LogP contribution in [-0.4, -0.2) is 35.6 Å². The Morgan fingerprint density at radius 1 is 1.50 bits per heavy atom. The monoisotopic (exact) mass is 220 g/mol. The number of carbonyl (C=O) groups is 1. The minimum absolute atomic E-state index is 0.175. The normalized spacial score (nSPS) is 17.5. The zero-order valence-electron chi connectivity index (χ0n) is 9.39. The van der Waals surface area contributed by atoms with Gasteiger partial charge in [0.25, 0.3) is 0 Å². The topological polar surface area (TPSA) is 53.4 Å². The Kier molecular flexibility index (Phi) is 3.19. The number of pyridine rings is 1. The average molecular weight is 220 g/mol. The Hall–Kier alpha value is -1.42. The first-order valence-electron chi connectivity index (χ1n) is 5.55. The van der Waals surface area contributed by atoms with Gasteiger partial charge in [0.1, 0.15) is 5.82 Å². The number of aliphatic hydroxyl groups is 1. The molecule has 0 saturated carbocycles. The van der Waals surface area contributed by atoms with Crippen LogP contribution in [0.4, 0.5) is 5.82 Å². The summed E-state index contributed by atoms with van der Waals surface area (Å²) in [5.74, 6) is 0.928. The standard InChI is InChI=1S/C12H16N2O2/c1-9-6-10(8-15)7-13-12(9)14-4-2-11(16)3-5-14/h6-8,11,16H,2-5H2,1H3. The molecule has 0 radical (unpaired) electrons. The smallest absolute Gasteiger partial charge is 0.151 e. The predicted molar refractivity (Wildman–Crippen MR) is 61.8 cm³/mol. The van der Waals surface area contributed by atoms with Crippen LogP contribution in [0.15, 0.2) is 12.3 Å². The molecule has 0 aliphatic carbocycles. The fourth-order valence-electron chi connectivity index (χ4n) is 2.06. The van der Waals surface area contributed by atoms with Gasteiger partial charge in [0.2, 0.25) is 0 Å². The second-order valence-electron chi connectivity index (χ2n) is 4.25. The molecule has 1 saturated heterocycles. The first kappa shape index (κ1) is 11.1. The number of anilines is 1. The van der Waals surface area contributed by atoms with Crippen molar-refractivity contribution < 1.29 is 9.90 Å². The maximum atomic E-state index is 10.6. The summed E-state index contributed by atoms with van der Waals surface area (Å²) in [5.41, 5.74) is 1.62. The summed E-state index contributed by atoms with van der Waals surface area (Å²) in [5, 5.41) is 9.43. The molecule has 16 heavy (non-hydrogen) atoms. The van der Waals surface area contributed by atoms with Crippen molar-refractivity contribution in [3.63, 3.8) is 0 Å². The van der Waals surface area contributed by atoms with Crippen LogP contribution in [0, 0.1) is 6.92 Å². The van der Waals surface area contributed by atoms with E-state index in [9.17, 15) is 9.90 Å². The van der Waals surface area contributed by atoms with Crippen LogP contribution in [0.1, 0.15) is 28.8 Å². The van der Waals surface area contributed by atoms with E-state index in [0.717, 1.165) is 43.6 Å². The van der Waals surface area contributed by atoms with Crippen molar-refractivity contribution in [3.8, 4) is 0 Å². The third-order valence-electron chi connectivity index (χ3n) is 2.97. The molecule has 0 amide bonds. The van der Waals surface area contributed by atoms with E-state index < -0.39 is 0 Å². The summed E-state index contributed by atoms with van der Waals surface area (Å²) in [7, 11) is 0. The molecule has 4 nitrogen and oxygen atoms in total. The molecule has 86 valence electrons. The molecular weight excluding hydrogens is 204 g/mol. The molecule has 4 heteroatoms. The van der Waals surface area contributed by atoms with Crippen molar-refractivity contribution in [1.82, 2.24) is 4.98 Å². The molecule has 1 aliphatic heterocycles. The number of rotatable bonds is 2. The molecule has 1 fully saturated rings. The SMILES string of the molecule is Cc1cc(C=O)cnc1N1CCC(O)CC1. The van der Waals surface area contributed by atoms with Gasteiger partial charge < -0.3 is 10.0 Å². The summed E-state index contributed by atoms with van der Waals surface area (Å²) in [6.07, 6.45) is 3.81. The van der Waals surface area contributed by atoms with Crippen LogP contribution < -0.4 is 4.90 Å². The van der Waals surface area contributed by atoms with Gasteiger partial charge in [-0.25, -0.2) is 4.98 Å². The number of piperidine rings is 1. The van der Waals surface area contributed by atoms with Gasteiger partial charge in [0, 0.05) is 24.8 Å². The minimum Gasteiger partial charge on any atom is -0.393 e. The number of hydrogen-bond acceptors (Lipinski definition) is 4. The molecule has 0 aromatic carbocycles. The Morgan fingerprint density at radius 2 is 2.19 bits per heavy atom. The Labute approximate surface area is 94.9 Å². The molecule has 1 N–H and O–H groups in total. The van der Waals surface area contributed by atoms with E-state index in [1.54, 1.807) is 6.20 Å². The van der Waals surface area contributed by atoms with Crippen LogP contribution in [-0.2, 0) is 0 Å². The van der Waals surface area contributed by atoms with Crippen molar-refractivity contribution in [3.05, 3.63) is 23.4 Å². The minimum atomic E-state index is -0.175. The summed E-state index contributed by atoms with van der Waals surface area (Å²) >= 11 is 0. The summed E-state index contributed by atoms with van der Waals surface area (Å²) in [4.78, 5) is 17.1. The number of aldehydes is 1. The van der Waals surface area contributed by atoms with E-state index in [2.05, 4.69) is 9.88 Å². The molecule has 0 atom stereocenters. The van der Waals surface area contributed by atoms with Gasteiger partial charge in [-0.1, -0.05) is 0 Å². The highest BCUT2D eigenvalue weighted by Crippen LogP contribution is 2.21. The third-order valence-corrected chi connectivity index (χ3v) is 2.97. The van der Waals surface area contributed by atoms with Gasteiger partial charge in [-0.3, -0.25) is 4.79 Å². The van der Waals surface area contributed by atoms with Gasteiger partial charge in [-0.2, -0.15) is 0 Å². The van der Waals surface area contributed by atoms with Crippen LogP contribution in [0.2, 0.25) is 0 Å². The van der Waals surface area contributed by atoms with Crippen molar-refractivity contribution in [2.45, 2.75) is 25.9 Å². The van der Waals surface area contributed by atoms with Crippen molar-refractivity contribution >= 4 is 12.1 Å². The molecule has 1 aliphatic rings. The highest BCUT2D eigenvalue weighted by atomic mass is 16.3. The zero-order valence-corrected chi connectivity index (χ0v) is 9.39. The van der Waals surface area contributed by atoms with Gasteiger partial charge in [-0.05, 0) is 31.4 Å². The van der Waals surface area contributed by atoms with E-state index in [0.29, 0.717) is 5.56 Å². The number of carbonyl (C=O) groups excluding carboxylic acids is 1. The number of aromatic nitrogens is 1. The van der Waals surface area contributed by atoms with Crippen LogP contribution in [0.3, 0.4) is 0 Å². The summed E-state index contributed by atoms with van der Waals surface area (Å²) in [6, 6.07) is 1.85. The molecule has 2 heterocycles. The third kappa shape index (κ3) is 2.22. The quantitative estimate of drug-likeness (QED) is 0.760. The molecule has 0 spiro atoms. The molecule has 2 rings (SSSR count). The van der Waals surface area contributed by atoms with Gasteiger partial charge in [0.15, 0.2) is 6.29 Å². The molecule has 1 aromatic heterocycles. The maximum Gasteiger partial charge on any atom is 0.151 e. The number of aryl methyl sites for hydroxylation is 1. The Morgan fingerprint density at radius 3 is 2.75 bits per heavy atom. The molecule has 0 bridgehead atoms. The highest BCUT2D eigenvalue weighted by Gasteiger charge is 2.19. The molecule has 1 aromatic rings. The van der Waals surface area contributed by atoms with E-state index >= 15 is 0 Å². The number of nitrogens with zero attached hydrogens (tertiary/aromatic N) is 2. The lowest BCUT2D eigenvalue weighted by Gasteiger charge is -2.31. The van der Waals surface area contributed by atoms with E-state index in [-0.39, 0.29) is 6.10 Å². The summed E-state index contributed by atoms with van der Waals surface area (Å²) < 4.78 is 0. The molecule has 0 unspecified atom stereocenters. The lowest BCUT2D eigenvalue weighted by Crippen LogP contribution is -2.36. The van der Waals surface area contributed by atoms with Gasteiger partial charge in [-0.15, -0.1) is 0 Å².